The van der Waals surface area contributed by atoms with Gasteiger partial charge in [-0.3, -0.25) is 0 Å². The van der Waals surface area contributed by atoms with E-state index in [4.69, 9.17) is 10.2 Å². The van der Waals surface area contributed by atoms with Crippen molar-refractivity contribution in [2.45, 2.75) is 19.4 Å². The fraction of sp³-hybridized carbons (Fsp3) is 0.357. The van der Waals surface area contributed by atoms with Crippen molar-refractivity contribution in [3.8, 4) is 0 Å². The molecule has 94 valence electrons. The Morgan fingerprint density at radius 3 is 2.72 bits per heavy atom. The third-order valence-electron chi connectivity index (χ3n) is 3.69. The van der Waals surface area contributed by atoms with E-state index in [2.05, 4.69) is 0 Å². The van der Waals surface area contributed by atoms with Gasteiger partial charge < -0.3 is 15.1 Å². The first-order valence-electron chi connectivity index (χ1n) is 6.39. The van der Waals surface area contributed by atoms with Crippen molar-refractivity contribution in [1.82, 2.24) is 0 Å². The van der Waals surface area contributed by atoms with Gasteiger partial charge in [0.1, 0.15) is 17.7 Å². The lowest BCUT2D eigenvalue weighted by Crippen LogP contribution is -3.08. The molecule has 0 saturated carbocycles. The molecule has 0 unspecified atom stereocenters. The second-order valence-electron chi connectivity index (χ2n) is 4.91. The van der Waals surface area contributed by atoms with Gasteiger partial charge in [-0.15, -0.1) is 0 Å². The van der Waals surface area contributed by atoms with Crippen molar-refractivity contribution < 1.29 is 9.32 Å². The summed E-state index contributed by atoms with van der Waals surface area (Å²) in [6.07, 6.45) is 2.46. The predicted octanol–water partition coefficient (Wildman–Crippen LogP) is 0.554. The minimum atomic E-state index is -0.286. The van der Waals surface area contributed by atoms with Gasteiger partial charge in [-0.2, -0.15) is 0 Å². The Bertz CT molecular complexity index is 627. The summed E-state index contributed by atoms with van der Waals surface area (Å²) < 4.78 is 5.34. The van der Waals surface area contributed by atoms with E-state index in [1.54, 1.807) is 6.07 Å². The van der Waals surface area contributed by atoms with Crippen molar-refractivity contribution in [1.29, 1.82) is 0 Å². The Labute approximate surface area is 105 Å². The zero-order valence-corrected chi connectivity index (χ0v) is 10.2. The lowest BCUT2D eigenvalue weighted by atomic mass is 10.1. The van der Waals surface area contributed by atoms with Crippen LogP contribution in [-0.2, 0) is 6.54 Å². The Hall–Kier alpha value is -1.81. The van der Waals surface area contributed by atoms with Gasteiger partial charge in [-0.1, -0.05) is 12.1 Å². The number of nitrogens with one attached hydrogen (secondary N) is 1. The summed E-state index contributed by atoms with van der Waals surface area (Å²) in [6, 6.07) is 7.43. The average molecular weight is 245 g/mol. The SMILES string of the molecule is Nc1c(C[NH+]2CCCC2)c(=O)oc2ccccc12. The smallest absolute Gasteiger partial charge is 0.347 e. The molecule has 2 heterocycles. The van der Waals surface area contributed by atoms with Crippen molar-refractivity contribution >= 4 is 16.7 Å². The standard InChI is InChI=1S/C14H16N2O2/c15-13-10-5-1-2-6-12(10)18-14(17)11(13)9-16-7-3-4-8-16/h1-2,5-6H,3-4,7-9,15H2/p+1. The van der Waals surface area contributed by atoms with Crippen LogP contribution in [0.3, 0.4) is 0 Å². The van der Waals surface area contributed by atoms with Gasteiger partial charge >= 0.3 is 5.63 Å². The molecular formula is C14H17N2O2+. The van der Waals surface area contributed by atoms with Crippen LogP contribution in [0.4, 0.5) is 5.69 Å². The molecule has 0 spiro atoms. The van der Waals surface area contributed by atoms with Crippen LogP contribution in [0.5, 0.6) is 0 Å². The van der Waals surface area contributed by atoms with Crippen molar-refractivity contribution in [3.05, 3.63) is 40.2 Å². The predicted molar refractivity (Wildman–Crippen MR) is 70.5 cm³/mol. The molecule has 18 heavy (non-hydrogen) atoms. The molecule has 0 amide bonds. The molecule has 1 aromatic heterocycles. The summed E-state index contributed by atoms with van der Waals surface area (Å²) in [7, 11) is 0. The molecule has 1 aliphatic rings. The van der Waals surface area contributed by atoms with Crippen molar-refractivity contribution in [2.75, 3.05) is 18.8 Å². The van der Waals surface area contributed by atoms with E-state index < -0.39 is 0 Å². The van der Waals surface area contributed by atoms with Gasteiger partial charge in [0.25, 0.3) is 0 Å². The highest BCUT2D eigenvalue weighted by Crippen LogP contribution is 2.21. The van der Waals surface area contributed by atoms with Crippen molar-refractivity contribution in [3.63, 3.8) is 0 Å². The number of rotatable bonds is 2. The summed E-state index contributed by atoms with van der Waals surface area (Å²) in [5.74, 6) is 0. The normalized spacial score (nSPS) is 16.4. The van der Waals surface area contributed by atoms with Crippen LogP contribution in [0.25, 0.3) is 11.0 Å². The van der Waals surface area contributed by atoms with Gasteiger partial charge in [0, 0.05) is 18.2 Å². The zero-order chi connectivity index (χ0) is 12.5. The van der Waals surface area contributed by atoms with Gasteiger partial charge in [-0.25, -0.2) is 4.79 Å². The summed E-state index contributed by atoms with van der Waals surface area (Å²) >= 11 is 0. The summed E-state index contributed by atoms with van der Waals surface area (Å²) in [6.45, 7) is 2.91. The van der Waals surface area contributed by atoms with Crippen LogP contribution in [0.15, 0.2) is 33.5 Å². The fourth-order valence-electron chi connectivity index (χ4n) is 2.68. The Kier molecular flexibility index (Phi) is 2.80. The minimum absolute atomic E-state index is 0.286. The number of likely N-dealkylation sites (tertiary alicyclic amines) is 1. The Morgan fingerprint density at radius 1 is 1.22 bits per heavy atom. The molecule has 0 atom stereocenters. The monoisotopic (exact) mass is 245 g/mol. The first-order chi connectivity index (χ1) is 8.75. The van der Waals surface area contributed by atoms with E-state index in [9.17, 15) is 4.79 Å². The van der Waals surface area contributed by atoms with Crippen molar-refractivity contribution in [2.24, 2.45) is 0 Å². The minimum Gasteiger partial charge on any atom is -0.422 e. The molecule has 0 aliphatic carbocycles. The third-order valence-corrected chi connectivity index (χ3v) is 3.69. The Balaban J connectivity index is 2.07. The molecule has 3 N–H and O–H groups in total. The number of benzene rings is 1. The molecule has 2 aromatic rings. The number of hydrogen-bond donors (Lipinski definition) is 2. The van der Waals surface area contributed by atoms with E-state index in [0.29, 0.717) is 23.4 Å². The number of hydrogen-bond acceptors (Lipinski definition) is 3. The maximum atomic E-state index is 12.0. The Morgan fingerprint density at radius 2 is 1.94 bits per heavy atom. The second kappa shape index (κ2) is 4.46. The maximum Gasteiger partial charge on any atom is 0.347 e. The molecule has 0 bridgehead atoms. The van der Waals surface area contributed by atoms with E-state index >= 15 is 0 Å². The van der Waals surface area contributed by atoms with E-state index in [-0.39, 0.29) is 5.63 Å². The molecule has 4 nitrogen and oxygen atoms in total. The van der Waals surface area contributed by atoms with Crippen LogP contribution in [0.2, 0.25) is 0 Å². The highest BCUT2D eigenvalue weighted by atomic mass is 16.4. The van der Waals surface area contributed by atoms with E-state index in [1.807, 2.05) is 18.2 Å². The number of anilines is 1. The van der Waals surface area contributed by atoms with Gasteiger partial charge in [-0.05, 0) is 12.1 Å². The number of quaternary nitrogens is 1. The molecule has 3 rings (SSSR count). The second-order valence-corrected chi connectivity index (χ2v) is 4.91. The molecular weight excluding hydrogens is 228 g/mol. The highest BCUT2D eigenvalue weighted by Gasteiger charge is 2.21. The summed E-state index contributed by atoms with van der Waals surface area (Å²) in [5.41, 5.74) is 7.62. The largest absolute Gasteiger partial charge is 0.422 e. The van der Waals surface area contributed by atoms with Crippen LogP contribution in [-0.4, -0.2) is 13.1 Å². The number of nitrogen functional groups attached to an aromatic ring is 1. The van der Waals surface area contributed by atoms with Gasteiger partial charge in [0.15, 0.2) is 0 Å². The molecule has 1 saturated heterocycles. The van der Waals surface area contributed by atoms with Crippen LogP contribution in [0.1, 0.15) is 18.4 Å². The van der Waals surface area contributed by atoms with Crippen LogP contribution < -0.4 is 16.3 Å². The molecule has 0 radical (unpaired) electrons. The third kappa shape index (κ3) is 1.88. The summed E-state index contributed by atoms with van der Waals surface area (Å²) in [4.78, 5) is 13.4. The molecule has 4 heteroatoms. The van der Waals surface area contributed by atoms with E-state index in [1.165, 1.54) is 17.7 Å². The van der Waals surface area contributed by atoms with Gasteiger partial charge in [0.05, 0.1) is 18.8 Å². The highest BCUT2D eigenvalue weighted by molar-refractivity contribution is 5.89. The quantitative estimate of drug-likeness (QED) is 0.760. The topological polar surface area (TPSA) is 60.7 Å². The zero-order valence-electron chi connectivity index (χ0n) is 10.2. The summed E-state index contributed by atoms with van der Waals surface area (Å²) in [5, 5.41) is 0.839. The molecule has 1 fully saturated rings. The number of para-hydroxylation sites is 1. The number of fused-ring (bicyclic) bond motifs is 1. The van der Waals surface area contributed by atoms with E-state index in [0.717, 1.165) is 18.5 Å². The maximum absolute atomic E-state index is 12.0. The average Bonchev–Trinajstić information content (AvgIpc) is 2.87. The molecule has 1 aliphatic heterocycles. The number of nitrogens with two attached hydrogens (primary N) is 1. The first-order valence-corrected chi connectivity index (χ1v) is 6.39. The van der Waals surface area contributed by atoms with Crippen LogP contribution in [0, 0.1) is 0 Å². The molecule has 1 aromatic carbocycles. The lowest BCUT2D eigenvalue weighted by Gasteiger charge is -2.13. The van der Waals surface area contributed by atoms with Gasteiger partial charge in [0.2, 0.25) is 0 Å². The lowest BCUT2D eigenvalue weighted by molar-refractivity contribution is -0.901. The fourth-order valence-corrected chi connectivity index (χ4v) is 2.68. The first kappa shape index (κ1) is 11.3. The van der Waals surface area contributed by atoms with Crippen LogP contribution >= 0.6 is 0 Å².